The number of piperazine rings is 1. The topological polar surface area (TPSA) is 43.0 Å². The third-order valence-electron chi connectivity index (χ3n) is 2.85. The number of nitrogens with zero attached hydrogens (tertiary/aromatic N) is 1. The quantitative estimate of drug-likeness (QED) is 0.543. The molecule has 0 amide bonds. The molecule has 0 radical (unpaired) electrons. The summed E-state index contributed by atoms with van der Waals surface area (Å²) in [6.45, 7) is 11.9. The number of rotatable bonds is 11. The first-order chi connectivity index (χ1) is 8.93. The van der Waals surface area contributed by atoms with Crippen molar-refractivity contribution in [1.29, 1.82) is 0 Å². The molecule has 18 heavy (non-hydrogen) atoms. The zero-order valence-electron chi connectivity index (χ0n) is 11.7. The molecule has 0 aromatic heterocycles. The van der Waals surface area contributed by atoms with E-state index in [1.54, 1.807) is 0 Å². The second kappa shape index (κ2) is 11.9. The van der Waals surface area contributed by atoms with Crippen LogP contribution in [0.4, 0.5) is 0 Å². The third kappa shape index (κ3) is 8.83. The number of nitrogens with one attached hydrogen (secondary N) is 1. The average molecular weight is 260 g/mol. The normalized spacial score (nSPS) is 17.2. The van der Waals surface area contributed by atoms with Gasteiger partial charge in [-0.15, -0.1) is 0 Å². The first-order valence-electron chi connectivity index (χ1n) is 7.09. The fourth-order valence-electron chi connectivity index (χ4n) is 1.81. The van der Waals surface area contributed by atoms with Crippen LogP contribution in [0.15, 0.2) is 0 Å². The van der Waals surface area contributed by atoms with E-state index >= 15 is 0 Å². The van der Waals surface area contributed by atoms with Crippen molar-refractivity contribution in [1.82, 2.24) is 10.2 Å². The van der Waals surface area contributed by atoms with Crippen LogP contribution < -0.4 is 5.32 Å². The van der Waals surface area contributed by atoms with Crippen molar-refractivity contribution in [3.8, 4) is 0 Å². The lowest BCUT2D eigenvalue weighted by molar-refractivity contribution is 0.0102. The molecule has 0 unspecified atom stereocenters. The lowest BCUT2D eigenvalue weighted by Gasteiger charge is -2.26. The highest BCUT2D eigenvalue weighted by molar-refractivity contribution is 4.66. The lowest BCUT2D eigenvalue weighted by atomic mass is 10.4. The van der Waals surface area contributed by atoms with Crippen LogP contribution >= 0.6 is 0 Å². The average Bonchev–Trinajstić information content (AvgIpc) is 2.42. The van der Waals surface area contributed by atoms with Crippen LogP contribution in [-0.4, -0.2) is 77.3 Å². The van der Waals surface area contributed by atoms with Crippen molar-refractivity contribution in [3.05, 3.63) is 0 Å². The molecule has 1 saturated heterocycles. The Morgan fingerprint density at radius 2 is 1.39 bits per heavy atom. The molecule has 5 nitrogen and oxygen atoms in total. The Hall–Kier alpha value is -0.200. The molecule has 1 aliphatic rings. The van der Waals surface area contributed by atoms with Crippen LogP contribution in [0.2, 0.25) is 0 Å². The molecule has 0 saturated carbocycles. The monoisotopic (exact) mass is 260 g/mol. The van der Waals surface area contributed by atoms with Crippen molar-refractivity contribution < 1.29 is 14.2 Å². The SMILES string of the molecule is CCCOCCOCCOCCN1CCNCC1. The predicted molar refractivity (Wildman–Crippen MR) is 72.1 cm³/mol. The fourth-order valence-corrected chi connectivity index (χ4v) is 1.81. The number of hydrogen-bond donors (Lipinski definition) is 1. The van der Waals surface area contributed by atoms with E-state index in [1.165, 1.54) is 0 Å². The van der Waals surface area contributed by atoms with Gasteiger partial charge in [0.2, 0.25) is 0 Å². The molecule has 1 rings (SSSR count). The fraction of sp³-hybridized carbons (Fsp3) is 1.00. The van der Waals surface area contributed by atoms with Crippen LogP contribution in [0.25, 0.3) is 0 Å². The van der Waals surface area contributed by atoms with Gasteiger partial charge in [0.15, 0.2) is 0 Å². The summed E-state index contributed by atoms with van der Waals surface area (Å²) < 4.78 is 16.2. The van der Waals surface area contributed by atoms with Crippen LogP contribution in [0.5, 0.6) is 0 Å². The zero-order chi connectivity index (χ0) is 12.9. The summed E-state index contributed by atoms with van der Waals surface area (Å²) in [5.74, 6) is 0. The molecule has 0 spiro atoms. The van der Waals surface area contributed by atoms with E-state index in [2.05, 4.69) is 17.1 Å². The van der Waals surface area contributed by atoms with E-state index in [-0.39, 0.29) is 0 Å². The van der Waals surface area contributed by atoms with E-state index < -0.39 is 0 Å². The second-order valence-corrected chi connectivity index (χ2v) is 4.43. The molecule has 0 aliphatic carbocycles. The van der Waals surface area contributed by atoms with E-state index in [0.29, 0.717) is 26.4 Å². The van der Waals surface area contributed by atoms with Gasteiger partial charge in [-0.05, 0) is 6.42 Å². The van der Waals surface area contributed by atoms with Gasteiger partial charge < -0.3 is 19.5 Å². The Kier molecular flexibility index (Phi) is 10.5. The molecule has 108 valence electrons. The Labute approximate surface area is 111 Å². The molecule has 0 aromatic rings. The molecule has 1 fully saturated rings. The summed E-state index contributed by atoms with van der Waals surface area (Å²) in [5, 5.41) is 3.34. The molecule has 1 aliphatic heterocycles. The standard InChI is InChI=1S/C13H28N2O3/c1-2-8-16-10-12-18-13-11-17-9-7-15-5-3-14-4-6-15/h14H,2-13H2,1H3. The van der Waals surface area contributed by atoms with Crippen molar-refractivity contribution in [2.45, 2.75) is 13.3 Å². The van der Waals surface area contributed by atoms with Crippen LogP contribution in [0.3, 0.4) is 0 Å². The van der Waals surface area contributed by atoms with Gasteiger partial charge in [-0.2, -0.15) is 0 Å². The van der Waals surface area contributed by atoms with Gasteiger partial charge in [0, 0.05) is 39.3 Å². The summed E-state index contributed by atoms with van der Waals surface area (Å²) in [6, 6.07) is 0. The maximum atomic E-state index is 5.54. The van der Waals surface area contributed by atoms with E-state index in [9.17, 15) is 0 Å². The maximum Gasteiger partial charge on any atom is 0.0701 e. The van der Waals surface area contributed by atoms with Gasteiger partial charge >= 0.3 is 0 Å². The number of ether oxygens (including phenoxy) is 3. The van der Waals surface area contributed by atoms with E-state index in [4.69, 9.17) is 14.2 Å². The van der Waals surface area contributed by atoms with E-state index in [1.807, 2.05) is 0 Å². The van der Waals surface area contributed by atoms with Crippen molar-refractivity contribution in [2.75, 3.05) is 72.4 Å². The van der Waals surface area contributed by atoms with Crippen molar-refractivity contribution in [3.63, 3.8) is 0 Å². The van der Waals surface area contributed by atoms with Crippen LogP contribution in [0.1, 0.15) is 13.3 Å². The lowest BCUT2D eigenvalue weighted by Crippen LogP contribution is -2.44. The van der Waals surface area contributed by atoms with Crippen molar-refractivity contribution in [2.24, 2.45) is 0 Å². The van der Waals surface area contributed by atoms with Crippen molar-refractivity contribution >= 4 is 0 Å². The predicted octanol–water partition coefficient (Wildman–Crippen LogP) is 0.351. The minimum atomic E-state index is 0.664. The number of hydrogen-bond acceptors (Lipinski definition) is 5. The molecular weight excluding hydrogens is 232 g/mol. The summed E-state index contributed by atoms with van der Waals surface area (Å²) >= 11 is 0. The molecule has 1 heterocycles. The minimum Gasteiger partial charge on any atom is -0.379 e. The Balaban J connectivity index is 1.73. The maximum absolute atomic E-state index is 5.54. The third-order valence-corrected chi connectivity index (χ3v) is 2.85. The van der Waals surface area contributed by atoms with Gasteiger partial charge in [0.25, 0.3) is 0 Å². The second-order valence-electron chi connectivity index (χ2n) is 4.43. The summed E-state index contributed by atoms with van der Waals surface area (Å²) in [4.78, 5) is 2.43. The van der Waals surface area contributed by atoms with Crippen LogP contribution in [0, 0.1) is 0 Å². The zero-order valence-corrected chi connectivity index (χ0v) is 11.7. The van der Waals surface area contributed by atoms with Gasteiger partial charge in [0.1, 0.15) is 0 Å². The Morgan fingerprint density at radius 1 is 0.833 bits per heavy atom. The molecule has 5 heteroatoms. The Bertz CT molecular complexity index is 176. The molecule has 0 bridgehead atoms. The van der Waals surface area contributed by atoms with E-state index in [0.717, 1.165) is 52.4 Å². The molecular formula is C13H28N2O3. The van der Waals surface area contributed by atoms with Crippen LogP contribution in [-0.2, 0) is 14.2 Å². The van der Waals surface area contributed by atoms with Gasteiger partial charge in [-0.1, -0.05) is 6.92 Å². The molecule has 0 aromatic carbocycles. The molecule has 1 N–H and O–H groups in total. The first kappa shape index (κ1) is 15.9. The van der Waals surface area contributed by atoms with Gasteiger partial charge in [0.05, 0.1) is 33.0 Å². The Morgan fingerprint density at radius 3 is 2.00 bits per heavy atom. The van der Waals surface area contributed by atoms with Gasteiger partial charge in [-0.3, -0.25) is 4.90 Å². The minimum absolute atomic E-state index is 0.664. The van der Waals surface area contributed by atoms with Gasteiger partial charge in [-0.25, -0.2) is 0 Å². The highest BCUT2D eigenvalue weighted by atomic mass is 16.5. The highest BCUT2D eigenvalue weighted by Crippen LogP contribution is 1.91. The smallest absolute Gasteiger partial charge is 0.0701 e. The first-order valence-corrected chi connectivity index (χ1v) is 7.09. The summed E-state index contributed by atoms with van der Waals surface area (Å²) in [7, 11) is 0. The largest absolute Gasteiger partial charge is 0.379 e. The summed E-state index contributed by atoms with van der Waals surface area (Å²) in [6.07, 6.45) is 1.06. The summed E-state index contributed by atoms with van der Waals surface area (Å²) in [5.41, 5.74) is 0. The molecule has 0 atom stereocenters. The highest BCUT2D eigenvalue weighted by Gasteiger charge is 2.07.